The third-order valence-corrected chi connectivity index (χ3v) is 4.37. The van der Waals surface area contributed by atoms with Gasteiger partial charge >= 0.3 is 0 Å². The predicted molar refractivity (Wildman–Crippen MR) is 107 cm³/mol. The highest BCUT2D eigenvalue weighted by Crippen LogP contribution is 2.27. The van der Waals surface area contributed by atoms with E-state index in [1.54, 1.807) is 20.0 Å². The van der Waals surface area contributed by atoms with Gasteiger partial charge in [-0.25, -0.2) is 9.97 Å². The summed E-state index contributed by atoms with van der Waals surface area (Å²) < 4.78 is 3.14. The minimum Gasteiger partial charge on any atom is -0.389 e. The summed E-state index contributed by atoms with van der Waals surface area (Å²) in [4.78, 5) is 9.58. The number of rotatable bonds is 7. The summed E-state index contributed by atoms with van der Waals surface area (Å²) >= 11 is 1.42. The molecule has 0 saturated carbocycles. The van der Waals surface area contributed by atoms with Gasteiger partial charge in [-0.05, 0) is 57.3 Å². The van der Waals surface area contributed by atoms with Crippen molar-refractivity contribution in [1.82, 2.24) is 14.7 Å². The number of hydrogen-bond donors (Lipinski definition) is 5. The molecule has 1 heterocycles. The van der Waals surface area contributed by atoms with Crippen molar-refractivity contribution in [2.75, 3.05) is 12.3 Å². The van der Waals surface area contributed by atoms with Gasteiger partial charge < -0.3 is 16.2 Å². The van der Waals surface area contributed by atoms with Crippen LogP contribution in [0, 0.1) is 17.7 Å². The van der Waals surface area contributed by atoms with Crippen LogP contribution in [0.5, 0.6) is 0 Å². The SMILES string of the molecule is CC(=N)C(=N)c1nc(-c2cc(SNCC(C)(C)O)ccc2C)cnc1N. The van der Waals surface area contributed by atoms with E-state index < -0.39 is 5.60 Å². The molecule has 0 fully saturated rings. The monoisotopic (exact) mass is 372 g/mol. The number of nitrogens with one attached hydrogen (secondary N) is 3. The number of hydrogen-bond acceptors (Lipinski definition) is 8. The molecule has 0 amide bonds. The minimum absolute atomic E-state index is 0.0353. The lowest BCUT2D eigenvalue weighted by Gasteiger charge is -2.17. The Bertz CT molecular complexity index is 844. The van der Waals surface area contributed by atoms with Gasteiger partial charge in [-0.15, -0.1) is 0 Å². The molecular formula is C18H24N6OS. The van der Waals surface area contributed by atoms with Crippen LogP contribution >= 0.6 is 11.9 Å². The molecule has 0 atom stereocenters. The molecule has 138 valence electrons. The summed E-state index contributed by atoms with van der Waals surface area (Å²) in [5.74, 6) is 0.139. The van der Waals surface area contributed by atoms with Crippen LogP contribution < -0.4 is 10.5 Å². The number of anilines is 1. The smallest absolute Gasteiger partial charge is 0.151 e. The van der Waals surface area contributed by atoms with Crippen LogP contribution in [0.15, 0.2) is 29.3 Å². The zero-order valence-corrected chi connectivity index (χ0v) is 16.2. The first-order valence-corrected chi connectivity index (χ1v) is 8.90. The lowest BCUT2D eigenvalue weighted by molar-refractivity contribution is 0.0865. The summed E-state index contributed by atoms with van der Waals surface area (Å²) in [7, 11) is 0. The molecular weight excluding hydrogens is 348 g/mol. The quantitative estimate of drug-likeness (QED) is 0.375. The summed E-state index contributed by atoms with van der Waals surface area (Å²) in [6.07, 6.45) is 1.58. The van der Waals surface area contributed by atoms with Gasteiger partial charge in [0.1, 0.15) is 11.4 Å². The molecule has 0 bridgehead atoms. The Morgan fingerprint density at radius 2 is 2.04 bits per heavy atom. The van der Waals surface area contributed by atoms with Crippen molar-refractivity contribution in [3.63, 3.8) is 0 Å². The molecule has 6 N–H and O–H groups in total. The predicted octanol–water partition coefficient (Wildman–Crippen LogP) is 2.81. The fourth-order valence-corrected chi connectivity index (χ4v) is 3.03. The average Bonchev–Trinajstić information content (AvgIpc) is 2.55. The molecule has 0 aliphatic heterocycles. The van der Waals surface area contributed by atoms with E-state index in [0.717, 1.165) is 16.0 Å². The Kier molecular flexibility index (Phi) is 6.12. The topological polar surface area (TPSA) is 132 Å². The van der Waals surface area contributed by atoms with E-state index in [9.17, 15) is 5.11 Å². The summed E-state index contributed by atoms with van der Waals surface area (Å²) in [5, 5.41) is 25.4. The molecule has 1 aromatic carbocycles. The van der Waals surface area contributed by atoms with Gasteiger partial charge in [-0.2, -0.15) is 0 Å². The van der Waals surface area contributed by atoms with Crippen LogP contribution in [0.3, 0.4) is 0 Å². The summed E-state index contributed by atoms with van der Waals surface area (Å²) in [6, 6.07) is 5.94. The van der Waals surface area contributed by atoms with E-state index in [0.29, 0.717) is 12.2 Å². The second-order valence-electron chi connectivity index (χ2n) is 6.70. The number of aromatic nitrogens is 2. The molecule has 0 saturated heterocycles. The first kappa shape index (κ1) is 20.0. The Hall–Kier alpha value is -2.29. The maximum absolute atomic E-state index is 9.78. The van der Waals surface area contributed by atoms with Crippen molar-refractivity contribution in [2.45, 2.75) is 38.2 Å². The zero-order chi connectivity index (χ0) is 19.5. The first-order chi connectivity index (χ1) is 12.1. The zero-order valence-electron chi connectivity index (χ0n) is 15.3. The van der Waals surface area contributed by atoms with Gasteiger partial charge in [-0.3, -0.25) is 10.1 Å². The Morgan fingerprint density at radius 1 is 1.35 bits per heavy atom. The molecule has 1 aromatic heterocycles. The van der Waals surface area contributed by atoms with Crippen LogP contribution in [0.1, 0.15) is 32.0 Å². The second-order valence-corrected chi connectivity index (χ2v) is 7.67. The second kappa shape index (κ2) is 7.94. The van der Waals surface area contributed by atoms with Gasteiger partial charge in [-0.1, -0.05) is 6.07 Å². The number of nitrogen functional groups attached to an aromatic ring is 1. The van der Waals surface area contributed by atoms with Crippen LogP contribution in [0.2, 0.25) is 0 Å². The first-order valence-electron chi connectivity index (χ1n) is 8.08. The molecule has 26 heavy (non-hydrogen) atoms. The van der Waals surface area contributed by atoms with E-state index in [1.807, 2.05) is 25.1 Å². The van der Waals surface area contributed by atoms with Crippen molar-refractivity contribution < 1.29 is 5.11 Å². The average molecular weight is 372 g/mol. The van der Waals surface area contributed by atoms with Crippen molar-refractivity contribution in [2.24, 2.45) is 0 Å². The summed E-state index contributed by atoms with van der Waals surface area (Å²) in [5.41, 5.74) is 7.80. The number of aliphatic hydroxyl groups is 1. The fraction of sp³-hybridized carbons (Fsp3) is 0.333. The number of nitrogens with zero attached hydrogens (tertiary/aromatic N) is 2. The van der Waals surface area contributed by atoms with Gasteiger partial charge in [0.05, 0.1) is 23.2 Å². The molecule has 0 aliphatic carbocycles. The molecule has 0 aliphatic rings. The normalized spacial score (nSPS) is 11.4. The molecule has 2 rings (SSSR count). The fourth-order valence-electron chi connectivity index (χ4n) is 2.13. The molecule has 7 nitrogen and oxygen atoms in total. The highest BCUT2D eigenvalue weighted by molar-refractivity contribution is 7.97. The number of benzene rings is 1. The number of aryl methyl sites for hydroxylation is 1. The molecule has 8 heteroatoms. The molecule has 0 radical (unpaired) electrons. The van der Waals surface area contributed by atoms with E-state index in [2.05, 4.69) is 14.7 Å². The Labute approximate surface area is 157 Å². The number of nitrogens with two attached hydrogens (primary N) is 1. The molecule has 0 spiro atoms. The van der Waals surface area contributed by atoms with Crippen LogP contribution in [0.25, 0.3) is 11.3 Å². The van der Waals surface area contributed by atoms with E-state index >= 15 is 0 Å². The van der Waals surface area contributed by atoms with Crippen molar-refractivity contribution in [3.05, 3.63) is 35.7 Å². The van der Waals surface area contributed by atoms with Gasteiger partial charge in [0, 0.05) is 17.0 Å². The Balaban J connectivity index is 2.33. The third-order valence-electron chi connectivity index (χ3n) is 3.59. The summed E-state index contributed by atoms with van der Waals surface area (Å²) in [6.45, 7) is 7.42. The van der Waals surface area contributed by atoms with Crippen LogP contribution in [0.4, 0.5) is 5.82 Å². The Morgan fingerprint density at radius 3 is 2.65 bits per heavy atom. The van der Waals surface area contributed by atoms with Crippen molar-refractivity contribution in [1.29, 1.82) is 10.8 Å². The molecule has 0 unspecified atom stereocenters. The van der Waals surface area contributed by atoms with Gasteiger partial charge in [0.2, 0.25) is 0 Å². The van der Waals surface area contributed by atoms with Crippen molar-refractivity contribution in [3.8, 4) is 11.3 Å². The lowest BCUT2D eigenvalue weighted by atomic mass is 10.1. The van der Waals surface area contributed by atoms with Gasteiger partial charge in [0.15, 0.2) is 5.82 Å². The minimum atomic E-state index is -0.789. The van der Waals surface area contributed by atoms with E-state index in [1.165, 1.54) is 18.9 Å². The molecule has 2 aromatic rings. The largest absolute Gasteiger partial charge is 0.389 e. The van der Waals surface area contributed by atoms with Crippen molar-refractivity contribution >= 4 is 29.2 Å². The van der Waals surface area contributed by atoms with Crippen LogP contribution in [-0.2, 0) is 0 Å². The highest BCUT2D eigenvalue weighted by atomic mass is 32.2. The van der Waals surface area contributed by atoms with E-state index in [-0.39, 0.29) is 22.9 Å². The van der Waals surface area contributed by atoms with Gasteiger partial charge in [0.25, 0.3) is 0 Å². The van der Waals surface area contributed by atoms with E-state index in [4.69, 9.17) is 16.6 Å². The maximum Gasteiger partial charge on any atom is 0.151 e. The maximum atomic E-state index is 9.78. The standard InChI is InChI=1S/C18H24N6OS/c1-10-5-6-12(26-23-9-18(3,4)25)7-13(10)14-8-22-17(21)16(24-14)15(20)11(2)19/h5-8,19-20,23,25H,9H2,1-4H3,(H2,21,22). The lowest BCUT2D eigenvalue weighted by Crippen LogP contribution is -2.31. The van der Waals surface area contributed by atoms with Crippen LogP contribution in [-0.4, -0.2) is 38.6 Å². The highest BCUT2D eigenvalue weighted by Gasteiger charge is 2.15. The third kappa shape index (κ3) is 5.10.